The van der Waals surface area contributed by atoms with Crippen molar-refractivity contribution in [2.24, 2.45) is 0 Å². The summed E-state index contributed by atoms with van der Waals surface area (Å²) < 4.78 is 13.4. The molecule has 3 rings (SSSR count). The van der Waals surface area contributed by atoms with E-state index in [1.54, 1.807) is 24.5 Å². The van der Waals surface area contributed by atoms with Gasteiger partial charge in [0, 0.05) is 11.9 Å². The Bertz CT molecular complexity index is 648. The standard InChI is InChI=1S/C13H10FN3S/c14-10-4-2-1-3-9(10)8-18-13-16-11-5-6-15-7-12(11)17-13/h1-7H,8H2,(H,16,17). The van der Waals surface area contributed by atoms with Crippen molar-refractivity contribution in [2.45, 2.75) is 10.9 Å². The highest BCUT2D eigenvalue weighted by molar-refractivity contribution is 7.98. The molecule has 1 N–H and O–H groups in total. The Hall–Kier alpha value is -1.88. The Balaban J connectivity index is 1.79. The van der Waals surface area contributed by atoms with Crippen molar-refractivity contribution in [1.82, 2.24) is 15.0 Å². The lowest BCUT2D eigenvalue weighted by Crippen LogP contribution is -1.86. The zero-order valence-electron chi connectivity index (χ0n) is 9.43. The number of aromatic amines is 1. The highest BCUT2D eigenvalue weighted by atomic mass is 32.2. The first-order chi connectivity index (χ1) is 8.83. The Labute approximate surface area is 107 Å². The monoisotopic (exact) mass is 259 g/mol. The van der Waals surface area contributed by atoms with E-state index in [2.05, 4.69) is 15.0 Å². The molecular formula is C13H10FN3S. The second-order valence-corrected chi connectivity index (χ2v) is 4.78. The summed E-state index contributed by atoms with van der Waals surface area (Å²) in [6.45, 7) is 0. The number of hydrogen-bond acceptors (Lipinski definition) is 3. The third-order valence-corrected chi connectivity index (χ3v) is 3.51. The molecule has 3 aromatic rings. The van der Waals surface area contributed by atoms with Crippen molar-refractivity contribution in [1.29, 1.82) is 0 Å². The molecular weight excluding hydrogens is 249 g/mol. The number of rotatable bonds is 3. The number of aromatic nitrogens is 3. The highest BCUT2D eigenvalue weighted by Crippen LogP contribution is 2.23. The number of hydrogen-bond donors (Lipinski definition) is 1. The Morgan fingerprint density at radius 3 is 2.94 bits per heavy atom. The number of thioether (sulfide) groups is 1. The molecule has 3 nitrogen and oxygen atoms in total. The van der Waals surface area contributed by atoms with Gasteiger partial charge in [-0.3, -0.25) is 4.98 Å². The minimum absolute atomic E-state index is 0.178. The van der Waals surface area contributed by atoms with E-state index in [0.717, 1.165) is 16.2 Å². The molecule has 90 valence electrons. The predicted octanol–water partition coefficient (Wildman–Crippen LogP) is 3.39. The summed E-state index contributed by atoms with van der Waals surface area (Å²) in [6, 6.07) is 8.63. The van der Waals surface area contributed by atoms with Crippen LogP contribution in [0, 0.1) is 5.82 Å². The van der Waals surface area contributed by atoms with Crippen molar-refractivity contribution < 1.29 is 4.39 Å². The van der Waals surface area contributed by atoms with Gasteiger partial charge in [-0.15, -0.1) is 0 Å². The van der Waals surface area contributed by atoms with E-state index < -0.39 is 0 Å². The number of H-pyrrole nitrogens is 1. The van der Waals surface area contributed by atoms with Gasteiger partial charge in [-0.1, -0.05) is 30.0 Å². The maximum atomic E-state index is 13.4. The number of nitrogens with one attached hydrogen (secondary N) is 1. The van der Waals surface area contributed by atoms with Crippen LogP contribution < -0.4 is 0 Å². The molecule has 0 fully saturated rings. The zero-order chi connectivity index (χ0) is 12.4. The van der Waals surface area contributed by atoms with E-state index in [4.69, 9.17) is 0 Å². The van der Waals surface area contributed by atoms with Gasteiger partial charge in [0.1, 0.15) is 5.82 Å². The maximum absolute atomic E-state index is 13.4. The first kappa shape index (κ1) is 11.2. The SMILES string of the molecule is Fc1ccccc1CSc1nc2ccncc2[nH]1. The van der Waals surface area contributed by atoms with Gasteiger partial charge in [-0.05, 0) is 17.7 Å². The summed E-state index contributed by atoms with van der Waals surface area (Å²) in [5.74, 6) is 0.377. The molecule has 2 heterocycles. The van der Waals surface area contributed by atoms with E-state index >= 15 is 0 Å². The van der Waals surface area contributed by atoms with Gasteiger partial charge in [0.2, 0.25) is 0 Å². The summed E-state index contributed by atoms with van der Waals surface area (Å²) >= 11 is 1.48. The Kier molecular flexibility index (Phi) is 2.98. The van der Waals surface area contributed by atoms with Crippen LogP contribution in [0.15, 0.2) is 47.9 Å². The van der Waals surface area contributed by atoms with Crippen LogP contribution in [-0.4, -0.2) is 15.0 Å². The second-order valence-electron chi connectivity index (χ2n) is 3.81. The fraction of sp³-hybridized carbons (Fsp3) is 0.0769. The molecule has 0 amide bonds. The Morgan fingerprint density at radius 1 is 1.22 bits per heavy atom. The molecule has 1 aromatic carbocycles. The van der Waals surface area contributed by atoms with Gasteiger partial charge in [-0.25, -0.2) is 9.37 Å². The third kappa shape index (κ3) is 2.22. The minimum Gasteiger partial charge on any atom is -0.332 e. The van der Waals surface area contributed by atoms with Gasteiger partial charge < -0.3 is 4.98 Å². The van der Waals surface area contributed by atoms with E-state index in [0.29, 0.717) is 11.3 Å². The molecule has 5 heteroatoms. The summed E-state index contributed by atoms with van der Waals surface area (Å²) in [7, 11) is 0. The van der Waals surface area contributed by atoms with Crippen molar-refractivity contribution in [3.63, 3.8) is 0 Å². The van der Waals surface area contributed by atoms with Crippen molar-refractivity contribution in [3.05, 3.63) is 54.1 Å². The molecule has 0 aliphatic rings. The quantitative estimate of drug-likeness (QED) is 0.733. The van der Waals surface area contributed by atoms with Crippen LogP contribution in [0.5, 0.6) is 0 Å². The van der Waals surface area contributed by atoms with Crippen molar-refractivity contribution in [2.75, 3.05) is 0 Å². The first-order valence-corrected chi connectivity index (χ1v) is 6.47. The number of halogens is 1. The molecule has 0 aliphatic carbocycles. The van der Waals surface area contributed by atoms with Crippen LogP contribution in [0.25, 0.3) is 11.0 Å². The number of benzene rings is 1. The average molecular weight is 259 g/mol. The topological polar surface area (TPSA) is 41.6 Å². The molecule has 0 spiro atoms. The average Bonchev–Trinajstić information content (AvgIpc) is 2.80. The number of pyridine rings is 1. The summed E-state index contributed by atoms with van der Waals surface area (Å²) in [5, 5.41) is 0.779. The van der Waals surface area contributed by atoms with Gasteiger partial charge in [-0.2, -0.15) is 0 Å². The van der Waals surface area contributed by atoms with E-state index in [9.17, 15) is 4.39 Å². The fourth-order valence-corrected chi connectivity index (χ4v) is 2.53. The van der Waals surface area contributed by atoms with Gasteiger partial charge in [0.05, 0.1) is 17.2 Å². The van der Waals surface area contributed by atoms with Crippen LogP contribution >= 0.6 is 11.8 Å². The normalized spacial score (nSPS) is 10.9. The molecule has 0 aliphatic heterocycles. The lowest BCUT2D eigenvalue weighted by Gasteiger charge is -2.00. The van der Waals surface area contributed by atoms with Gasteiger partial charge in [0.15, 0.2) is 5.16 Å². The lowest BCUT2D eigenvalue weighted by molar-refractivity contribution is 0.617. The molecule has 0 radical (unpaired) electrons. The third-order valence-electron chi connectivity index (χ3n) is 2.58. The smallest absolute Gasteiger partial charge is 0.166 e. The first-order valence-electron chi connectivity index (χ1n) is 5.49. The zero-order valence-corrected chi connectivity index (χ0v) is 10.2. The van der Waals surface area contributed by atoms with Gasteiger partial charge in [0.25, 0.3) is 0 Å². The second kappa shape index (κ2) is 4.78. The fourth-order valence-electron chi connectivity index (χ4n) is 1.66. The van der Waals surface area contributed by atoms with E-state index in [-0.39, 0.29) is 5.82 Å². The maximum Gasteiger partial charge on any atom is 0.166 e. The van der Waals surface area contributed by atoms with Crippen LogP contribution in [0.3, 0.4) is 0 Å². The number of imidazole rings is 1. The van der Waals surface area contributed by atoms with Crippen LogP contribution in [-0.2, 0) is 5.75 Å². The minimum atomic E-state index is -0.178. The van der Waals surface area contributed by atoms with Gasteiger partial charge >= 0.3 is 0 Å². The molecule has 0 bridgehead atoms. The molecule has 0 saturated heterocycles. The molecule has 0 atom stereocenters. The number of fused-ring (bicyclic) bond motifs is 1. The highest BCUT2D eigenvalue weighted by Gasteiger charge is 2.05. The summed E-state index contributed by atoms with van der Waals surface area (Å²) in [6.07, 6.45) is 3.43. The van der Waals surface area contributed by atoms with Crippen molar-refractivity contribution in [3.8, 4) is 0 Å². The summed E-state index contributed by atoms with van der Waals surface area (Å²) in [4.78, 5) is 11.6. The van der Waals surface area contributed by atoms with Crippen molar-refractivity contribution >= 4 is 22.8 Å². The lowest BCUT2D eigenvalue weighted by atomic mass is 10.2. The molecule has 2 aromatic heterocycles. The molecule has 18 heavy (non-hydrogen) atoms. The van der Waals surface area contributed by atoms with E-state index in [1.807, 2.05) is 12.1 Å². The summed E-state index contributed by atoms with van der Waals surface area (Å²) in [5.41, 5.74) is 2.45. The van der Waals surface area contributed by atoms with E-state index in [1.165, 1.54) is 17.8 Å². The van der Waals surface area contributed by atoms with Crippen LogP contribution in [0.1, 0.15) is 5.56 Å². The largest absolute Gasteiger partial charge is 0.332 e. The molecule has 0 saturated carbocycles. The molecule has 0 unspecified atom stereocenters. The van der Waals surface area contributed by atoms with Crippen LogP contribution in [0.4, 0.5) is 4.39 Å². The Morgan fingerprint density at radius 2 is 2.11 bits per heavy atom. The van der Waals surface area contributed by atoms with Crippen LogP contribution in [0.2, 0.25) is 0 Å². The predicted molar refractivity (Wildman–Crippen MR) is 69.8 cm³/mol. The number of nitrogens with zero attached hydrogens (tertiary/aromatic N) is 2.